The largest absolute Gasteiger partial charge is 0.454 e. The van der Waals surface area contributed by atoms with Gasteiger partial charge in [-0.2, -0.15) is 0 Å². The second kappa shape index (κ2) is 4.50. The molecule has 1 aliphatic rings. The molecule has 0 amide bonds. The molecule has 102 valence electrons. The maximum Gasteiger partial charge on any atom is 0.231 e. The van der Waals surface area contributed by atoms with Crippen molar-refractivity contribution in [3.63, 3.8) is 0 Å². The molecule has 3 aromatic rings. The fourth-order valence-electron chi connectivity index (χ4n) is 2.46. The Morgan fingerprint density at radius 2 is 2.15 bits per heavy atom. The Labute approximate surface area is 119 Å². The van der Waals surface area contributed by atoms with Crippen molar-refractivity contribution in [2.24, 2.45) is 5.73 Å². The number of benzene rings is 1. The summed E-state index contributed by atoms with van der Waals surface area (Å²) >= 11 is 1.67. The average molecular weight is 287 g/mol. The third-order valence-corrected chi connectivity index (χ3v) is 4.20. The van der Waals surface area contributed by atoms with Gasteiger partial charge in [0.1, 0.15) is 0 Å². The van der Waals surface area contributed by atoms with Gasteiger partial charge in [0.2, 0.25) is 6.79 Å². The van der Waals surface area contributed by atoms with Crippen LogP contribution in [0.25, 0.3) is 21.7 Å². The van der Waals surface area contributed by atoms with E-state index in [2.05, 4.69) is 10.6 Å². The molecule has 0 saturated carbocycles. The lowest BCUT2D eigenvalue weighted by molar-refractivity contribution is 0.174. The summed E-state index contributed by atoms with van der Waals surface area (Å²) < 4.78 is 13.0. The Morgan fingerprint density at radius 1 is 1.30 bits per heavy atom. The van der Waals surface area contributed by atoms with Crippen LogP contribution in [0.5, 0.6) is 11.5 Å². The molecule has 4 rings (SSSR count). The molecule has 0 unspecified atom stereocenters. The van der Waals surface area contributed by atoms with Crippen molar-refractivity contribution in [2.75, 3.05) is 13.3 Å². The minimum Gasteiger partial charge on any atom is -0.454 e. The number of nitrogens with zero attached hydrogens (tertiary/aromatic N) is 2. The van der Waals surface area contributed by atoms with E-state index in [-0.39, 0.29) is 6.79 Å². The number of rotatable bonds is 3. The highest BCUT2D eigenvalue weighted by molar-refractivity contribution is 7.13. The maximum absolute atomic E-state index is 5.74. The third kappa shape index (κ3) is 1.69. The van der Waals surface area contributed by atoms with Gasteiger partial charge in [-0.15, -0.1) is 11.3 Å². The number of aromatic nitrogens is 2. The molecule has 2 N–H and O–H groups in total. The monoisotopic (exact) mass is 287 g/mol. The number of hydrogen-bond donors (Lipinski definition) is 1. The summed E-state index contributed by atoms with van der Waals surface area (Å²) in [6, 6.07) is 8.01. The lowest BCUT2D eigenvalue weighted by Gasteiger charge is -2.06. The molecule has 0 aliphatic carbocycles. The molecule has 20 heavy (non-hydrogen) atoms. The van der Waals surface area contributed by atoms with Crippen molar-refractivity contribution in [3.8, 4) is 22.2 Å². The summed E-state index contributed by atoms with van der Waals surface area (Å²) in [5, 5.41) is 2.05. The first kappa shape index (κ1) is 11.7. The van der Waals surface area contributed by atoms with E-state index >= 15 is 0 Å². The first-order valence-corrected chi connectivity index (χ1v) is 7.28. The van der Waals surface area contributed by atoms with Crippen molar-refractivity contribution in [2.45, 2.75) is 6.54 Å². The molecule has 5 nitrogen and oxygen atoms in total. The van der Waals surface area contributed by atoms with Gasteiger partial charge >= 0.3 is 0 Å². The second-order valence-corrected chi connectivity index (χ2v) is 5.49. The SMILES string of the molecule is NCCn1c(-c2cccs2)nc2cc3c(cc21)OCO3. The molecule has 1 aromatic carbocycles. The van der Waals surface area contributed by atoms with E-state index in [0.29, 0.717) is 6.54 Å². The average Bonchev–Trinajstić information content (AvgIpc) is 3.15. The Balaban J connectivity index is 1.97. The molecular weight excluding hydrogens is 274 g/mol. The number of fused-ring (bicyclic) bond motifs is 2. The molecule has 2 aromatic heterocycles. The van der Waals surface area contributed by atoms with Crippen LogP contribution in [-0.4, -0.2) is 22.9 Å². The van der Waals surface area contributed by atoms with Crippen molar-refractivity contribution in [1.29, 1.82) is 0 Å². The molecule has 0 fully saturated rings. The standard InChI is InChI=1S/C14H13N3O2S/c15-3-4-17-10-7-12-11(18-8-19-12)6-9(10)16-14(17)13-2-1-5-20-13/h1-2,5-7H,3-4,8,15H2. The Bertz CT molecular complexity index is 764. The van der Waals surface area contributed by atoms with Crippen molar-refractivity contribution < 1.29 is 9.47 Å². The van der Waals surface area contributed by atoms with Crippen LogP contribution in [0.15, 0.2) is 29.6 Å². The lowest BCUT2D eigenvalue weighted by Crippen LogP contribution is -2.10. The summed E-state index contributed by atoms with van der Waals surface area (Å²) in [4.78, 5) is 5.87. The molecule has 6 heteroatoms. The van der Waals surface area contributed by atoms with E-state index in [4.69, 9.17) is 20.2 Å². The van der Waals surface area contributed by atoms with Crippen LogP contribution in [0, 0.1) is 0 Å². The number of ether oxygens (including phenoxy) is 2. The van der Waals surface area contributed by atoms with Crippen LogP contribution in [0.1, 0.15) is 0 Å². The zero-order chi connectivity index (χ0) is 13.5. The van der Waals surface area contributed by atoms with Gasteiger partial charge in [-0.05, 0) is 11.4 Å². The Hall–Kier alpha value is -2.05. The zero-order valence-corrected chi connectivity index (χ0v) is 11.5. The normalized spacial score (nSPS) is 13.2. The summed E-state index contributed by atoms with van der Waals surface area (Å²) in [5.41, 5.74) is 7.68. The first-order chi connectivity index (χ1) is 9.86. The quantitative estimate of drug-likeness (QED) is 0.803. The fourth-order valence-corrected chi connectivity index (χ4v) is 3.19. The molecule has 0 saturated heterocycles. The van der Waals surface area contributed by atoms with E-state index in [1.54, 1.807) is 11.3 Å². The van der Waals surface area contributed by atoms with Crippen molar-refractivity contribution in [3.05, 3.63) is 29.6 Å². The van der Waals surface area contributed by atoms with E-state index in [0.717, 1.165) is 39.8 Å². The van der Waals surface area contributed by atoms with Crippen LogP contribution >= 0.6 is 11.3 Å². The number of thiophene rings is 1. The summed E-state index contributed by atoms with van der Waals surface area (Å²) in [6.45, 7) is 1.57. The number of nitrogens with two attached hydrogens (primary N) is 1. The zero-order valence-electron chi connectivity index (χ0n) is 10.7. The highest BCUT2D eigenvalue weighted by Gasteiger charge is 2.19. The molecule has 1 aliphatic heterocycles. The second-order valence-electron chi connectivity index (χ2n) is 4.55. The smallest absolute Gasteiger partial charge is 0.231 e. The van der Waals surface area contributed by atoms with Gasteiger partial charge in [0, 0.05) is 25.2 Å². The van der Waals surface area contributed by atoms with Gasteiger partial charge in [0.25, 0.3) is 0 Å². The van der Waals surface area contributed by atoms with Gasteiger partial charge < -0.3 is 19.8 Å². The molecule has 0 atom stereocenters. The van der Waals surface area contributed by atoms with Crippen LogP contribution in [0.3, 0.4) is 0 Å². The fraction of sp³-hybridized carbons (Fsp3) is 0.214. The topological polar surface area (TPSA) is 62.3 Å². The third-order valence-electron chi connectivity index (χ3n) is 3.34. The van der Waals surface area contributed by atoms with E-state index in [1.165, 1.54) is 0 Å². The van der Waals surface area contributed by atoms with Crippen LogP contribution in [-0.2, 0) is 6.54 Å². The molecule has 0 bridgehead atoms. The highest BCUT2D eigenvalue weighted by atomic mass is 32.1. The maximum atomic E-state index is 5.74. The molecular formula is C14H13N3O2S. The Kier molecular flexibility index (Phi) is 2.64. The van der Waals surface area contributed by atoms with Crippen molar-refractivity contribution >= 4 is 22.4 Å². The van der Waals surface area contributed by atoms with Crippen LogP contribution in [0.2, 0.25) is 0 Å². The van der Waals surface area contributed by atoms with E-state index in [9.17, 15) is 0 Å². The summed E-state index contributed by atoms with van der Waals surface area (Å²) in [6.07, 6.45) is 0. The predicted molar refractivity (Wildman–Crippen MR) is 78.2 cm³/mol. The molecule has 0 spiro atoms. The van der Waals surface area contributed by atoms with Crippen LogP contribution in [0.4, 0.5) is 0 Å². The van der Waals surface area contributed by atoms with Gasteiger partial charge in [-0.25, -0.2) is 4.98 Å². The Morgan fingerprint density at radius 3 is 2.90 bits per heavy atom. The minimum absolute atomic E-state index is 0.274. The van der Waals surface area contributed by atoms with Gasteiger partial charge in [-0.1, -0.05) is 6.07 Å². The van der Waals surface area contributed by atoms with Crippen molar-refractivity contribution in [1.82, 2.24) is 9.55 Å². The lowest BCUT2D eigenvalue weighted by atomic mass is 10.2. The highest BCUT2D eigenvalue weighted by Crippen LogP contribution is 2.38. The number of hydrogen-bond acceptors (Lipinski definition) is 5. The van der Waals surface area contributed by atoms with Gasteiger partial charge in [-0.3, -0.25) is 0 Å². The van der Waals surface area contributed by atoms with E-state index in [1.807, 2.05) is 23.6 Å². The summed E-state index contributed by atoms with van der Waals surface area (Å²) in [5.74, 6) is 2.48. The summed E-state index contributed by atoms with van der Waals surface area (Å²) in [7, 11) is 0. The molecule has 3 heterocycles. The van der Waals surface area contributed by atoms with Gasteiger partial charge in [0.05, 0.1) is 15.9 Å². The van der Waals surface area contributed by atoms with Gasteiger partial charge in [0.15, 0.2) is 17.3 Å². The predicted octanol–water partition coefficient (Wildman–Crippen LogP) is 2.45. The number of imidazole rings is 1. The molecule has 0 radical (unpaired) electrons. The van der Waals surface area contributed by atoms with E-state index < -0.39 is 0 Å². The first-order valence-electron chi connectivity index (χ1n) is 6.40. The minimum atomic E-state index is 0.274. The van der Waals surface area contributed by atoms with Crippen LogP contribution < -0.4 is 15.2 Å².